The van der Waals surface area contributed by atoms with Gasteiger partial charge in [-0.1, -0.05) is 40.7 Å². The lowest BCUT2D eigenvalue weighted by Crippen LogP contribution is -2.15. The summed E-state index contributed by atoms with van der Waals surface area (Å²) in [7, 11) is 0. The second kappa shape index (κ2) is 6.71. The van der Waals surface area contributed by atoms with Gasteiger partial charge in [-0.25, -0.2) is 9.48 Å². The van der Waals surface area contributed by atoms with Gasteiger partial charge in [-0.3, -0.25) is 4.57 Å². The molecule has 0 spiro atoms. The van der Waals surface area contributed by atoms with Gasteiger partial charge in [0.1, 0.15) is 0 Å². The third-order valence-electron chi connectivity index (χ3n) is 4.48. The van der Waals surface area contributed by atoms with E-state index in [0.29, 0.717) is 17.2 Å². The maximum absolute atomic E-state index is 12.0. The molecule has 3 heterocycles. The zero-order chi connectivity index (χ0) is 19.8. The van der Waals surface area contributed by atoms with E-state index in [1.54, 1.807) is 21.6 Å². The largest absolute Gasteiger partial charge is 0.332 e. The number of H-pyrrole nitrogens is 1. The Morgan fingerprint density at radius 1 is 1.03 bits per heavy atom. The quantitative estimate of drug-likeness (QED) is 0.510. The van der Waals surface area contributed by atoms with Crippen molar-refractivity contribution in [3.05, 3.63) is 83.2 Å². The van der Waals surface area contributed by atoms with Gasteiger partial charge >= 0.3 is 5.69 Å². The van der Waals surface area contributed by atoms with Gasteiger partial charge < -0.3 is 9.51 Å². The molecule has 1 N–H and O–H groups in total. The van der Waals surface area contributed by atoms with Crippen molar-refractivity contribution >= 4 is 0 Å². The predicted molar refractivity (Wildman–Crippen MR) is 105 cm³/mol. The van der Waals surface area contributed by atoms with E-state index >= 15 is 0 Å². The van der Waals surface area contributed by atoms with E-state index in [9.17, 15) is 4.79 Å². The maximum Gasteiger partial charge on any atom is 0.330 e. The predicted octanol–water partition coefficient (Wildman–Crippen LogP) is 2.77. The fraction of sp³-hybridized carbons (Fsp3) is 0.0500. The van der Waals surface area contributed by atoms with Gasteiger partial charge in [0, 0.05) is 17.5 Å². The number of nitrogens with one attached hydrogen (secondary N) is 1. The fourth-order valence-electron chi connectivity index (χ4n) is 3.07. The second-order valence-electron chi connectivity index (χ2n) is 6.43. The van der Waals surface area contributed by atoms with Crippen LogP contribution in [0.15, 0.2) is 76.3 Å². The molecule has 142 valence electrons. The van der Waals surface area contributed by atoms with Crippen molar-refractivity contribution in [1.82, 2.24) is 34.7 Å². The number of nitrogens with zero attached hydrogens (tertiary/aromatic N) is 6. The van der Waals surface area contributed by atoms with Crippen molar-refractivity contribution in [2.75, 3.05) is 0 Å². The van der Waals surface area contributed by atoms with Crippen molar-refractivity contribution in [2.45, 2.75) is 6.92 Å². The summed E-state index contributed by atoms with van der Waals surface area (Å²) >= 11 is 0. The van der Waals surface area contributed by atoms with Gasteiger partial charge in [-0.05, 0) is 31.2 Å². The lowest BCUT2D eigenvalue weighted by Gasteiger charge is -2.04. The Kier molecular flexibility index (Phi) is 3.91. The number of benzene rings is 2. The highest BCUT2D eigenvalue weighted by molar-refractivity contribution is 5.61. The summed E-state index contributed by atoms with van der Waals surface area (Å²) in [6.45, 7) is 1.85. The average molecular weight is 385 g/mol. The number of aryl methyl sites for hydroxylation is 1. The molecule has 0 amide bonds. The standard InChI is InChI=1S/C20H15N7O2/c1-13-11-21-20(28)27(13)16-9-5-6-14(10-16)18-22-19(29-24-18)17-12-26(25-23-17)15-7-3-2-4-8-15/h2-12H,1H3,(H,21,28). The molecule has 9 heteroatoms. The van der Waals surface area contributed by atoms with Gasteiger partial charge in [0.25, 0.3) is 5.89 Å². The molecule has 29 heavy (non-hydrogen) atoms. The molecule has 9 nitrogen and oxygen atoms in total. The Hall–Kier alpha value is -4.27. The number of para-hydroxylation sites is 1. The Morgan fingerprint density at radius 2 is 1.86 bits per heavy atom. The van der Waals surface area contributed by atoms with Gasteiger partial charge in [-0.2, -0.15) is 4.98 Å². The molecule has 0 saturated heterocycles. The van der Waals surface area contributed by atoms with Crippen LogP contribution in [0.4, 0.5) is 0 Å². The molecule has 0 radical (unpaired) electrons. The zero-order valence-corrected chi connectivity index (χ0v) is 15.4. The topological polar surface area (TPSA) is 107 Å². The summed E-state index contributed by atoms with van der Waals surface area (Å²) in [6.07, 6.45) is 3.39. The molecule has 0 atom stereocenters. The molecule has 0 aliphatic heterocycles. The van der Waals surface area contributed by atoms with E-state index in [4.69, 9.17) is 4.52 Å². The van der Waals surface area contributed by atoms with Crippen LogP contribution in [0.25, 0.3) is 34.3 Å². The Morgan fingerprint density at radius 3 is 2.66 bits per heavy atom. The average Bonchev–Trinajstić information content (AvgIpc) is 3.49. The highest BCUT2D eigenvalue weighted by Gasteiger charge is 2.15. The molecule has 0 unspecified atom stereocenters. The molecule has 3 aromatic heterocycles. The van der Waals surface area contributed by atoms with E-state index < -0.39 is 0 Å². The second-order valence-corrected chi connectivity index (χ2v) is 6.43. The van der Waals surface area contributed by atoms with Gasteiger partial charge in [-0.15, -0.1) is 5.10 Å². The van der Waals surface area contributed by atoms with E-state index in [-0.39, 0.29) is 11.6 Å². The summed E-state index contributed by atoms with van der Waals surface area (Å²) in [4.78, 5) is 19.1. The monoisotopic (exact) mass is 385 g/mol. The minimum absolute atomic E-state index is 0.203. The lowest BCUT2D eigenvalue weighted by atomic mass is 10.2. The van der Waals surface area contributed by atoms with Crippen molar-refractivity contribution < 1.29 is 4.52 Å². The summed E-state index contributed by atoms with van der Waals surface area (Å²) < 4.78 is 8.60. The Labute approximate surface area is 164 Å². The Balaban J connectivity index is 1.48. The van der Waals surface area contributed by atoms with E-state index in [1.807, 2.05) is 61.5 Å². The summed E-state index contributed by atoms with van der Waals surface area (Å²) in [5.74, 6) is 0.667. The van der Waals surface area contributed by atoms with Crippen LogP contribution >= 0.6 is 0 Å². The first-order valence-electron chi connectivity index (χ1n) is 8.89. The molecule has 2 aromatic carbocycles. The molecule has 0 aliphatic carbocycles. The van der Waals surface area contributed by atoms with Crippen LogP contribution in [-0.2, 0) is 0 Å². The smallest absolute Gasteiger partial charge is 0.330 e. The number of aromatic amines is 1. The molecule has 5 rings (SSSR count). The highest BCUT2D eigenvalue weighted by Crippen LogP contribution is 2.23. The first kappa shape index (κ1) is 16.9. The van der Waals surface area contributed by atoms with Crippen LogP contribution in [-0.4, -0.2) is 34.7 Å². The third-order valence-corrected chi connectivity index (χ3v) is 4.48. The van der Waals surface area contributed by atoms with Crippen LogP contribution in [0, 0.1) is 6.92 Å². The molecule has 0 saturated carbocycles. The number of rotatable bonds is 4. The molecular formula is C20H15N7O2. The molecule has 0 bridgehead atoms. The van der Waals surface area contributed by atoms with E-state index in [2.05, 4.69) is 25.4 Å². The van der Waals surface area contributed by atoms with Crippen molar-refractivity contribution in [3.63, 3.8) is 0 Å². The summed E-state index contributed by atoms with van der Waals surface area (Å²) in [5, 5.41) is 12.3. The third kappa shape index (κ3) is 3.04. The molecule has 0 fully saturated rings. The first-order valence-corrected chi connectivity index (χ1v) is 8.89. The van der Waals surface area contributed by atoms with E-state index in [0.717, 1.165) is 16.9 Å². The number of imidazole rings is 1. The number of aromatic nitrogens is 7. The first-order chi connectivity index (χ1) is 14.2. The van der Waals surface area contributed by atoms with Crippen molar-refractivity contribution in [1.29, 1.82) is 0 Å². The van der Waals surface area contributed by atoms with Gasteiger partial charge in [0.05, 0.1) is 17.6 Å². The van der Waals surface area contributed by atoms with Crippen molar-refractivity contribution in [2.24, 2.45) is 0 Å². The number of hydrogen-bond donors (Lipinski definition) is 1. The van der Waals surface area contributed by atoms with Crippen LogP contribution in [0.3, 0.4) is 0 Å². The van der Waals surface area contributed by atoms with Crippen LogP contribution in [0.5, 0.6) is 0 Å². The SMILES string of the molecule is Cc1c[nH]c(=O)n1-c1cccc(-c2noc(-c3cn(-c4ccccc4)nn3)n2)c1. The van der Waals surface area contributed by atoms with Gasteiger partial charge in [0.2, 0.25) is 5.82 Å². The lowest BCUT2D eigenvalue weighted by molar-refractivity contribution is 0.431. The molecule has 0 aliphatic rings. The van der Waals surface area contributed by atoms with E-state index in [1.165, 1.54) is 0 Å². The van der Waals surface area contributed by atoms with Crippen LogP contribution < -0.4 is 5.69 Å². The minimum atomic E-state index is -0.203. The zero-order valence-electron chi connectivity index (χ0n) is 15.4. The van der Waals surface area contributed by atoms with Gasteiger partial charge in [0.15, 0.2) is 5.69 Å². The summed E-state index contributed by atoms with van der Waals surface area (Å²) in [6, 6.07) is 17.0. The Bertz CT molecular complexity index is 1340. The van der Waals surface area contributed by atoms with Crippen LogP contribution in [0.1, 0.15) is 5.69 Å². The highest BCUT2D eigenvalue weighted by atomic mass is 16.5. The maximum atomic E-state index is 12.0. The fourth-order valence-corrected chi connectivity index (χ4v) is 3.07. The molecule has 5 aromatic rings. The number of hydrogen-bond acceptors (Lipinski definition) is 6. The normalized spacial score (nSPS) is 11.1. The minimum Gasteiger partial charge on any atom is -0.332 e. The van der Waals surface area contributed by atoms with Crippen molar-refractivity contribution in [3.8, 4) is 34.3 Å². The van der Waals surface area contributed by atoms with Crippen LogP contribution in [0.2, 0.25) is 0 Å². The molecular weight excluding hydrogens is 370 g/mol. The summed E-state index contributed by atoms with van der Waals surface area (Å²) in [5.41, 5.74) is 3.39.